The van der Waals surface area contributed by atoms with Crippen molar-refractivity contribution < 1.29 is 9.90 Å². The zero-order valence-corrected chi connectivity index (χ0v) is 15.0. The highest BCUT2D eigenvalue weighted by Crippen LogP contribution is 2.42. The average molecular weight is 355 g/mol. The standard InChI is InChI=1S/C24H21NO2/c26-23-21(19-12-6-2-7-13-19)22(20-14-8-3-9-15-20)25(24(23)27)17-16-18-10-4-1-5-11-18/h1-15,22,26H,16-17H2. The maximum Gasteiger partial charge on any atom is 0.289 e. The number of benzene rings is 3. The first-order valence-electron chi connectivity index (χ1n) is 9.14. The molecule has 0 aliphatic carbocycles. The number of aliphatic hydroxyl groups excluding tert-OH is 1. The molecule has 3 heteroatoms. The number of carbonyl (C=O) groups is 1. The third-order valence-electron chi connectivity index (χ3n) is 4.99. The number of amides is 1. The van der Waals surface area contributed by atoms with E-state index < -0.39 is 0 Å². The van der Waals surface area contributed by atoms with Gasteiger partial charge < -0.3 is 10.0 Å². The first-order valence-corrected chi connectivity index (χ1v) is 9.14. The Kier molecular flexibility index (Phi) is 4.75. The van der Waals surface area contributed by atoms with Gasteiger partial charge in [0.2, 0.25) is 0 Å². The van der Waals surface area contributed by atoms with E-state index in [2.05, 4.69) is 12.1 Å². The summed E-state index contributed by atoms with van der Waals surface area (Å²) < 4.78 is 0. The van der Waals surface area contributed by atoms with E-state index in [9.17, 15) is 9.90 Å². The van der Waals surface area contributed by atoms with Crippen molar-refractivity contribution in [3.8, 4) is 0 Å². The molecule has 4 rings (SSSR count). The molecule has 0 aromatic heterocycles. The Hall–Kier alpha value is -3.33. The van der Waals surface area contributed by atoms with Gasteiger partial charge in [-0.2, -0.15) is 0 Å². The van der Waals surface area contributed by atoms with Crippen LogP contribution in [-0.2, 0) is 11.2 Å². The quantitative estimate of drug-likeness (QED) is 0.715. The minimum Gasteiger partial charge on any atom is -0.503 e. The molecule has 0 saturated heterocycles. The third kappa shape index (κ3) is 3.36. The van der Waals surface area contributed by atoms with Gasteiger partial charge in [-0.3, -0.25) is 4.79 Å². The van der Waals surface area contributed by atoms with Gasteiger partial charge in [0.1, 0.15) is 0 Å². The molecule has 3 aromatic rings. The zero-order valence-electron chi connectivity index (χ0n) is 15.0. The lowest BCUT2D eigenvalue weighted by Crippen LogP contribution is -2.32. The normalized spacial score (nSPS) is 16.8. The van der Waals surface area contributed by atoms with Crippen molar-refractivity contribution in [2.24, 2.45) is 0 Å². The van der Waals surface area contributed by atoms with Crippen LogP contribution in [0.3, 0.4) is 0 Å². The highest BCUT2D eigenvalue weighted by Gasteiger charge is 2.40. The topological polar surface area (TPSA) is 40.5 Å². The minimum atomic E-state index is -0.307. The summed E-state index contributed by atoms with van der Waals surface area (Å²) in [6.07, 6.45) is 0.741. The molecule has 0 radical (unpaired) electrons. The SMILES string of the molecule is O=C1C(O)=C(c2ccccc2)C(c2ccccc2)N1CCc1ccccc1. The van der Waals surface area contributed by atoms with Gasteiger partial charge in [0, 0.05) is 12.1 Å². The highest BCUT2D eigenvalue weighted by atomic mass is 16.3. The van der Waals surface area contributed by atoms with Crippen LogP contribution in [0.25, 0.3) is 5.57 Å². The van der Waals surface area contributed by atoms with Crippen LogP contribution in [0.5, 0.6) is 0 Å². The molecular weight excluding hydrogens is 334 g/mol. The van der Waals surface area contributed by atoms with E-state index in [4.69, 9.17) is 0 Å². The predicted octanol–water partition coefficient (Wildman–Crippen LogP) is 4.78. The fourth-order valence-electron chi connectivity index (χ4n) is 3.67. The first-order chi connectivity index (χ1) is 13.3. The maximum absolute atomic E-state index is 12.9. The number of hydrogen-bond donors (Lipinski definition) is 1. The monoisotopic (exact) mass is 355 g/mol. The molecule has 1 N–H and O–H groups in total. The number of nitrogens with zero attached hydrogens (tertiary/aromatic N) is 1. The number of carbonyl (C=O) groups excluding carboxylic acids is 1. The summed E-state index contributed by atoms with van der Waals surface area (Å²) in [7, 11) is 0. The summed E-state index contributed by atoms with van der Waals surface area (Å²) >= 11 is 0. The number of rotatable bonds is 5. The Morgan fingerprint density at radius 3 is 1.96 bits per heavy atom. The first kappa shape index (κ1) is 17.1. The van der Waals surface area contributed by atoms with Crippen LogP contribution in [0, 0.1) is 0 Å². The molecule has 0 bridgehead atoms. The molecule has 0 saturated carbocycles. The molecule has 1 aliphatic rings. The van der Waals surface area contributed by atoms with Crippen LogP contribution in [-0.4, -0.2) is 22.5 Å². The molecule has 1 heterocycles. The summed E-state index contributed by atoms with van der Waals surface area (Å²) in [6, 6.07) is 29.4. The molecular formula is C24H21NO2. The van der Waals surface area contributed by atoms with Crippen molar-refractivity contribution in [2.45, 2.75) is 12.5 Å². The Balaban J connectivity index is 1.72. The van der Waals surface area contributed by atoms with E-state index in [0.29, 0.717) is 12.1 Å². The van der Waals surface area contributed by atoms with E-state index in [1.807, 2.05) is 78.9 Å². The van der Waals surface area contributed by atoms with Gasteiger partial charge in [-0.1, -0.05) is 91.0 Å². The van der Waals surface area contributed by atoms with Crippen molar-refractivity contribution in [3.63, 3.8) is 0 Å². The van der Waals surface area contributed by atoms with E-state index in [0.717, 1.165) is 17.5 Å². The van der Waals surface area contributed by atoms with E-state index >= 15 is 0 Å². The molecule has 0 fully saturated rings. The van der Waals surface area contributed by atoms with Crippen molar-refractivity contribution in [1.29, 1.82) is 0 Å². The summed E-state index contributed by atoms with van der Waals surface area (Å²) in [6.45, 7) is 0.544. The van der Waals surface area contributed by atoms with Crippen LogP contribution >= 0.6 is 0 Å². The lowest BCUT2D eigenvalue weighted by atomic mass is 9.93. The van der Waals surface area contributed by atoms with Gasteiger partial charge in [-0.15, -0.1) is 0 Å². The fraction of sp³-hybridized carbons (Fsp3) is 0.125. The van der Waals surface area contributed by atoms with Crippen LogP contribution in [0.15, 0.2) is 96.8 Å². The summed E-state index contributed by atoms with van der Waals surface area (Å²) in [5.74, 6) is -0.457. The van der Waals surface area contributed by atoms with Gasteiger partial charge in [-0.25, -0.2) is 0 Å². The second-order valence-electron chi connectivity index (χ2n) is 6.68. The second-order valence-corrected chi connectivity index (χ2v) is 6.68. The van der Waals surface area contributed by atoms with Gasteiger partial charge in [0.25, 0.3) is 5.91 Å². The van der Waals surface area contributed by atoms with Crippen LogP contribution < -0.4 is 0 Å². The third-order valence-corrected chi connectivity index (χ3v) is 4.99. The van der Waals surface area contributed by atoms with Crippen LogP contribution in [0.4, 0.5) is 0 Å². The summed E-state index contributed by atoms with van der Waals surface area (Å²) in [5.41, 5.74) is 3.73. The molecule has 1 unspecified atom stereocenters. The largest absolute Gasteiger partial charge is 0.503 e. The zero-order chi connectivity index (χ0) is 18.6. The predicted molar refractivity (Wildman–Crippen MR) is 107 cm³/mol. The number of aliphatic hydroxyl groups is 1. The van der Waals surface area contributed by atoms with Crippen molar-refractivity contribution in [3.05, 3.63) is 113 Å². The Morgan fingerprint density at radius 1 is 0.778 bits per heavy atom. The lowest BCUT2D eigenvalue weighted by molar-refractivity contribution is -0.129. The van der Waals surface area contributed by atoms with E-state index in [1.54, 1.807) is 4.90 Å². The van der Waals surface area contributed by atoms with Crippen LogP contribution in [0.1, 0.15) is 22.7 Å². The second kappa shape index (κ2) is 7.50. The maximum atomic E-state index is 12.9. The Morgan fingerprint density at radius 2 is 1.33 bits per heavy atom. The van der Waals surface area contributed by atoms with Crippen molar-refractivity contribution >= 4 is 11.5 Å². The molecule has 134 valence electrons. The average Bonchev–Trinajstić information content (AvgIpc) is 2.99. The summed E-state index contributed by atoms with van der Waals surface area (Å²) in [5, 5.41) is 10.7. The number of hydrogen-bond acceptors (Lipinski definition) is 2. The summed E-state index contributed by atoms with van der Waals surface area (Å²) in [4.78, 5) is 14.7. The van der Waals surface area contributed by atoms with Crippen molar-refractivity contribution in [1.82, 2.24) is 4.90 Å². The van der Waals surface area contributed by atoms with Crippen LogP contribution in [0.2, 0.25) is 0 Å². The van der Waals surface area contributed by atoms with Gasteiger partial charge in [0.05, 0.1) is 6.04 Å². The molecule has 1 amide bonds. The highest BCUT2D eigenvalue weighted by molar-refractivity contribution is 6.05. The molecule has 1 atom stereocenters. The van der Waals surface area contributed by atoms with Gasteiger partial charge in [-0.05, 0) is 23.1 Å². The fourth-order valence-corrected chi connectivity index (χ4v) is 3.67. The van der Waals surface area contributed by atoms with E-state index in [-0.39, 0.29) is 17.7 Å². The molecule has 1 aliphatic heterocycles. The lowest BCUT2D eigenvalue weighted by Gasteiger charge is -2.27. The van der Waals surface area contributed by atoms with E-state index in [1.165, 1.54) is 5.56 Å². The van der Waals surface area contributed by atoms with Crippen molar-refractivity contribution in [2.75, 3.05) is 6.54 Å². The molecule has 3 nitrogen and oxygen atoms in total. The minimum absolute atomic E-state index is 0.150. The smallest absolute Gasteiger partial charge is 0.289 e. The molecule has 27 heavy (non-hydrogen) atoms. The Bertz CT molecular complexity index is 949. The van der Waals surface area contributed by atoms with Gasteiger partial charge in [0.15, 0.2) is 5.76 Å². The molecule has 3 aromatic carbocycles. The molecule has 0 spiro atoms. The Labute approximate surface area is 159 Å². The van der Waals surface area contributed by atoms with Gasteiger partial charge >= 0.3 is 0 Å².